The molecule has 0 spiro atoms. The van der Waals surface area contributed by atoms with Gasteiger partial charge in [0.1, 0.15) is 11.6 Å². The van der Waals surface area contributed by atoms with Gasteiger partial charge >= 0.3 is 0 Å². The normalized spacial score (nSPS) is 11.9. The van der Waals surface area contributed by atoms with E-state index in [1.165, 1.54) is 5.56 Å². The minimum Gasteiger partial charge on any atom is -0.495 e. The third-order valence-electron chi connectivity index (χ3n) is 5.40. The molecule has 0 radical (unpaired) electrons. The summed E-state index contributed by atoms with van der Waals surface area (Å²) in [4.78, 5) is 18.2. The lowest BCUT2D eigenvalue weighted by Crippen LogP contribution is -2.22. The van der Waals surface area contributed by atoms with Crippen molar-refractivity contribution in [2.75, 3.05) is 7.11 Å². The number of rotatable bonds is 4. The molecule has 0 aliphatic carbocycles. The zero-order chi connectivity index (χ0) is 22.9. The van der Waals surface area contributed by atoms with Crippen molar-refractivity contribution in [1.29, 1.82) is 0 Å². The molecule has 4 nitrogen and oxygen atoms in total. The maximum absolute atomic E-state index is 13.4. The van der Waals surface area contributed by atoms with Gasteiger partial charge in [0.05, 0.1) is 28.7 Å². The third kappa shape index (κ3) is 4.32. The molecular weight excluding hydrogens is 420 g/mol. The smallest absolute Gasteiger partial charge is 0.266 e. The van der Waals surface area contributed by atoms with Crippen LogP contribution in [0.1, 0.15) is 37.7 Å². The monoisotopic (exact) mass is 444 g/mol. The summed E-state index contributed by atoms with van der Waals surface area (Å²) < 4.78 is 6.83. The Morgan fingerprint density at radius 2 is 1.69 bits per heavy atom. The van der Waals surface area contributed by atoms with Gasteiger partial charge in [-0.1, -0.05) is 74.8 Å². The van der Waals surface area contributed by atoms with E-state index in [0.717, 1.165) is 5.56 Å². The van der Waals surface area contributed by atoms with Crippen LogP contribution in [-0.2, 0) is 5.41 Å². The molecule has 1 aromatic heterocycles. The van der Waals surface area contributed by atoms with E-state index < -0.39 is 0 Å². The summed E-state index contributed by atoms with van der Waals surface area (Å²) in [5.41, 5.74) is 3.51. The second-order valence-corrected chi connectivity index (χ2v) is 9.06. The van der Waals surface area contributed by atoms with Crippen molar-refractivity contribution in [2.45, 2.75) is 26.2 Å². The predicted molar refractivity (Wildman–Crippen MR) is 133 cm³/mol. The first kappa shape index (κ1) is 21.8. The Kier molecular flexibility index (Phi) is 5.90. The molecule has 162 valence electrons. The molecule has 1 heterocycles. The Balaban J connectivity index is 1.85. The first-order valence-electron chi connectivity index (χ1n) is 10.4. The fraction of sp³-hybridized carbons (Fsp3) is 0.185. The van der Waals surface area contributed by atoms with E-state index in [9.17, 15) is 4.79 Å². The molecular formula is C27H25ClN2O2. The van der Waals surface area contributed by atoms with Crippen LogP contribution in [0.5, 0.6) is 5.75 Å². The molecule has 5 heteroatoms. The molecule has 0 fully saturated rings. The Hall–Kier alpha value is -3.37. The average Bonchev–Trinajstić information content (AvgIpc) is 2.77. The standard InChI is InChI=1S/C27H25ClN2O2/c1-27(2,3)19-12-9-18(10-13-19)11-16-25-29-23-8-6-5-7-21(23)26(31)30(25)20-14-15-24(32-4)22(28)17-20/h5-17H,1-4H3. The van der Waals surface area contributed by atoms with Crippen molar-refractivity contribution >= 4 is 34.7 Å². The molecule has 0 saturated heterocycles. The van der Waals surface area contributed by atoms with Crippen LogP contribution in [-0.4, -0.2) is 16.7 Å². The van der Waals surface area contributed by atoms with Crippen LogP contribution < -0.4 is 10.3 Å². The number of halogens is 1. The number of nitrogens with zero attached hydrogens (tertiary/aromatic N) is 2. The number of hydrogen-bond donors (Lipinski definition) is 0. The van der Waals surface area contributed by atoms with Crippen molar-refractivity contribution < 1.29 is 4.74 Å². The first-order chi connectivity index (χ1) is 15.3. The Morgan fingerprint density at radius 1 is 0.969 bits per heavy atom. The number of para-hydroxylation sites is 1. The van der Waals surface area contributed by atoms with Crippen LogP contribution in [0.25, 0.3) is 28.7 Å². The highest BCUT2D eigenvalue weighted by molar-refractivity contribution is 6.32. The molecule has 0 bridgehead atoms. The molecule has 3 aromatic carbocycles. The number of hydrogen-bond acceptors (Lipinski definition) is 3. The van der Waals surface area contributed by atoms with Crippen molar-refractivity contribution in [3.63, 3.8) is 0 Å². The van der Waals surface area contributed by atoms with Crippen LogP contribution in [0.3, 0.4) is 0 Å². The maximum Gasteiger partial charge on any atom is 0.266 e. The summed E-state index contributed by atoms with van der Waals surface area (Å²) in [6.45, 7) is 6.57. The van der Waals surface area contributed by atoms with Crippen LogP contribution in [0.4, 0.5) is 0 Å². The molecule has 0 aliphatic heterocycles. The minimum atomic E-state index is -0.153. The van der Waals surface area contributed by atoms with E-state index in [1.807, 2.05) is 30.4 Å². The predicted octanol–water partition coefficient (Wildman–Crippen LogP) is 6.52. The van der Waals surface area contributed by atoms with E-state index in [1.54, 1.807) is 35.9 Å². The molecule has 4 aromatic rings. The van der Waals surface area contributed by atoms with Crippen LogP contribution in [0.15, 0.2) is 71.5 Å². The van der Waals surface area contributed by atoms with E-state index in [2.05, 4.69) is 45.0 Å². The largest absolute Gasteiger partial charge is 0.495 e. The summed E-state index contributed by atoms with van der Waals surface area (Å²) in [5.74, 6) is 1.07. The van der Waals surface area contributed by atoms with Gasteiger partial charge in [-0.05, 0) is 52.9 Å². The third-order valence-corrected chi connectivity index (χ3v) is 5.69. The first-order valence-corrected chi connectivity index (χ1v) is 10.8. The van der Waals surface area contributed by atoms with E-state index in [-0.39, 0.29) is 11.0 Å². The molecule has 0 atom stereocenters. The second kappa shape index (κ2) is 8.64. The van der Waals surface area contributed by atoms with Crippen LogP contribution in [0.2, 0.25) is 5.02 Å². The van der Waals surface area contributed by atoms with Crippen LogP contribution in [0, 0.1) is 0 Å². The lowest BCUT2D eigenvalue weighted by atomic mass is 9.87. The van der Waals surface area contributed by atoms with Gasteiger partial charge in [-0.15, -0.1) is 0 Å². The van der Waals surface area contributed by atoms with Gasteiger partial charge in [0.2, 0.25) is 0 Å². The highest BCUT2D eigenvalue weighted by Gasteiger charge is 2.14. The zero-order valence-electron chi connectivity index (χ0n) is 18.6. The van der Waals surface area contributed by atoms with Crippen molar-refractivity contribution in [1.82, 2.24) is 9.55 Å². The fourth-order valence-corrected chi connectivity index (χ4v) is 3.82. The summed E-state index contributed by atoms with van der Waals surface area (Å²) in [7, 11) is 1.56. The van der Waals surface area contributed by atoms with Crippen molar-refractivity contribution in [2.24, 2.45) is 0 Å². The number of aromatic nitrogens is 2. The van der Waals surface area contributed by atoms with Gasteiger partial charge in [-0.25, -0.2) is 4.98 Å². The summed E-state index contributed by atoms with van der Waals surface area (Å²) >= 11 is 6.35. The van der Waals surface area contributed by atoms with Gasteiger partial charge in [-0.2, -0.15) is 0 Å². The summed E-state index contributed by atoms with van der Waals surface area (Å²) in [6, 6.07) is 21.0. The molecule has 0 saturated carbocycles. The highest BCUT2D eigenvalue weighted by Crippen LogP contribution is 2.27. The lowest BCUT2D eigenvalue weighted by Gasteiger charge is -2.18. The van der Waals surface area contributed by atoms with E-state index >= 15 is 0 Å². The molecule has 4 rings (SSSR count). The van der Waals surface area contributed by atoms with E-state index in [0.29, 0.717) is 33.2 Å². The van der Waals surface area contributed by atoms with Crippen molar-refractivity contribution in [3.8, 4) is 11.4 Å². The Labute approximate surface area is 192 Å². The van der Waals surface area contributed by atoms with Gasteiger partial charge < -0.3 is 4.74 Å². The second-order valence-electron chi connectivity index (χ2n) is 8.65. The Bertz CT molecular complexity index is 1360. The number of ether oxygens (including phenoxy) is 1. The molecule has 32 heavy (non-hydrogen) atoms. The van der Waals surface area contributed by atoms with Gasteiger partial charge in [0.15, 0.2) is 0 Å². The zero-order valence-corrected chi connectivity index (χ0v) is 19.4. The highest BCUT2D eigenvalue weighted by atomic mass is 35.5. The van der Waals surface area contributed by atoms with E-state index in [4.69, 9.17) is 21.3 Å². The van der Waals surface area contributed by atoms with Gasteiger partial charge in [-0.3, -0.25) is 9.36 Å². The quantitative estimate of drug-likeness (QED) is 0.360. The average molecular weight is 445 g/mol. The van der Waals surface area contributed by atoms with Gasteiger partial charge in [0, 0.05) is 0 Å². The molecule has 0 amide bonds. The summed E-state index contributed by atoms with van der Waals surface area (Å²) in [5, 5.41) is 0.976. The fourth-order valence-electron chi connectivity index (χ4n) is 3.57. The molecule has 0 unspecified atom stereocenters. The van der Waals surface area contributed by atoms with Crippen LogP contribution >= 0.6 is 11.6 Å². The molecule has 0 N–H and O–H groups in total. The number of fused-ring (bicyclic) bond motifs is 1. The van der Waals surface area contributed by atoms with Gasteiger partial charge in [0.25, 0.3) is 5.56 Å². The van der Waals surface area contributed by atoms with Crippen molar-refractivity contribution in [3.05, 3.63) is 99.1 Å². The topological polar surface area (TPSA) is 44.1 Å². The lowest BCUT2D eigenvalue weighted by molar-refractivity contribution is 0.415. The molecule has 0 aliphatic rings. The summed E-state index contributed by atoms with van der Waals surface area (Å²) in [6.07, 6.45) is 3.82. The number of methoxy groups -OCH3 is 1. The SMILES string of the molecule is COc1ccc(-n2c(C=Cc3ccc(C(C)(C)C)cc3)nc3ccccc3c2=O)cc1Cl. The minimum absolute atomic E-state index is 0.0935. The number of benzene rings is 3. The Morgan fingerprint density at radius 3 is 2.34 bits per heavy atom. The maximum atomic E-state index is 13.4.